The van der Waals surface area contributed by atoms with Crippen LogP contribution in [0.2, 0.25) is 0 Å². The van der Waals surface area contributed by atoms with Gasteiger partial charge in [-0.1, -0.05) is 31.0 Å². The van der Waals surface area contributed by atoms with Crippen LogP contribution in [0.15, 0.2) is 34.2 Å². The highest BCUT2D eigenvalue weighted by Gasteiger charge is 2.24. The molecule has 0 unspecified atom stereocenters. The second kappa shape index (κ2) is 11.7. The van der Waals surface area contributed by atoms with Crippen LogP contribution in [-0.4, -0.2) is 58.0 Å². The Balaban J connectivity index is 1.86. The number of benzene rings is 1. The van der Waals surface area contributed by atoms with E-state index in [9.17, 15) is 8.42 Å². The first-order valence-electron chi connectivity index (χ1n) is 11.0. The monoisotopic (exact) mass is 437 g/mol. The number of nitrogens with zero attached hydrogens (tertiary/aromatic N) is 2. The largest absolute Gasteiger partial charge is 0.356 e. The fourth-order valence-electron chi connectivity index (χ4n) is 3.64. The standard InChI is InChI=1S/C22H39N5O2S/c1-22(2,3)26-30(28,29)20-13-8-7-12-19(20)18-25-21(23-4)24-14-11-17-27-15-9-5-6-10-16-27/h7-8,12-13,26H,5-6,9-11,14-18H2,1-4H3,(H2,23,24,25). The van der Waals surface area contributed by atoms with Gasteiger partial charge in [0.05, 0.1) is 4.90 Å². The van der Waals surface area contributed by atoms with Gasteiger partial charge in [0, 0.05) is 25.7 Å². The normalized spacial score (nSPS) is 16.9. The summed E-state index contributed by atoms with van der Waals surface area (Å²) in [6.07, 6.45) is 6.38. The quantitative estimate of drug-likeness (QED) is 0.331. The molecule has 2 rings (SSSR count). The molecule has 1 aromatic carbocycles. The second-order valence-corrected chi connectivity index (χ2v) is 10.6. The molecule has 1 fully saturated rings. The Morgan fingerprint density at radius 1 is 1.07 bits per heavy atom. The number of likely N-dealkylation sites (tertiary alicyclic amines) is 1. The summed E-state index contributed by atoms with van der Waals surface area (Å²) in [5.41, 5.74) is 0.173. The summed E-state index contributed by atoms with van der Waals surface area (Å²) in [5.74, 6) is 0.682. The third-order valence-electron chi connectivity index (χ3n) is 5.01. The fraction of sp³-hybridized carbons (Fsp3) is 0.682. The molecular weight excluding hydrogens is 398 g/mol. The molecule has 3 N–H and O–H groups in total. The van der Waals surface area contributed by atoms with Gasteiger partial charge in [0.25, 0.3) is 0 Å². The Morgan fingerprint density at radius 2 is 1.73 bits per heavy atom. The molecule has 1 saturated heterocycles. The van der Waals surface area contributed by atoms with Gasteiger partial charge < -0.3 is 15.5 Å². The highest BCUT2D eigenvalue weighted by atomic mass is 32.2. The maximum atomic E-state index is 12.8. The van der Waals surface area contributed by atoms with Crippen LogP contribution in [0.3, 0.4) is 0 Å². The average molecular weight is 438 g/mol. The predicted octanol–water partition coefficient (Wildman–Crippen LogP) is 2.69. The summed E-state index contributed by atoms with van der Waals surface area (Å²) in [6.45, 7) is 10.2. The highest BCUT2D eigenvalue weighted by molar-refractivity contribution is 7.89. The molecule has 1 aromatic rings. The number of sulfonamides is 1. The Hall–Kier alpha value is -1.64. The zero-order valence-corrected chi connectivity index (χ0v) is 19.8. The van der Waals surface area contributed by atoms with E-state index in [-0.39, 0.29) is 0 Å². The molecule has 0 radical (unpaired) electrons. The van der Waals surface area contributed by atoms with Gasteiger partial charge in [-0.25, -0.2) is 13.1 Å². The van der Waals surface area contributed by atoms with Crippen molar-refractivity contribution in [3.63, 3.8) is 0 Å². The van der Waals surface area contributed by atoms with Gasteiger partial charge in [0.2, 0.25) is 10.0 Å². The lowest BCUT2D eigenvalue weighted by Gasteiger charge is -2.22. The SMILES string of the molecule is CN=C(NCCCN1CCCCCC1)NCc1ccccc1S(=O)(=O)NC(C)(C)C. The predicted molar refractivity (Wildman–Crippen MR) is 124 cm³/mol. The van der Waals surface area contributed by atoms with Crippen molar-refractivity contribution in [2.75, 3.05) is 33.2 Å². The van der Waals surface area contributed by atoms with E-state index in [0.29, 0.717) is 23.0 Å². The highest BCUT2D eigenvalue weighted by Crippen LogP contribution is 2.17. The summed E-state index contributed by atoms with van der Waals surface area (Å²) >= 11 is 0. The number of guanidine groups is 1. The molecular formula is C22H39N5O2S. The minimum absolute atomic E-state index is 0.295. The zero-order chi connectivity index (χ0) is 22.0. The number of nitrogens with one attached hydrogen (secondary N) is 3. The van der Waals surface area contributed by atoms with E-state index < -0.39 is 15.6 Å². The fourth-order valence-corrected chi connectivity index (χ4v) is 5.30. The van der Waals surface area contributed by atoms with Gasteiger partial charge >= 0.3 is 0 Å². The van der Waals surface area contributed by atoms with E-state index in [2.05, 4.69) is 25.2 Å². The van der Waals surface area contributed by atoms with Gasteiger partial charge in [0.15, 0.2) is 5.96 Å². The number of rotatable bonds is 8. The Morgan fingerprint density at radius 3 is 2.37 bits per heavy atom. The molecule has 0 amide bonds. The van der Waals surface area contributed by atoms with E-state index >= 15 is 0 Å². The molecule has 0 aliphatic carbocycles. The summed E-state index contributed by atoms with van der Waals surface area (Å²) in [7, 11) is -1.87. The van der Waals surface area contributed by atoms with Gasteiger partial charge in [-0.15, -0.1) is 0 Å². The van der Waals surface area contributed by atoms with Crippen LogP contribution >= 0.6 is 0 Å². The third-order valence-corrected chi connectivity index (χ3v) is 6.87. The second-order valence-electron chi connectivity index (χ2n) is 8.93. The Bertz CT molecular complexity index is 779. The number of hydrogen-bond donors (Lipinski definition) is 3. The van der Waals surface area contributed by atoms with Crippen molar-refractivity contribution in [1.82, 2.24) is 20.3 Å². The molecule has 170 valence electrons. The van der Waals surface area contributed by atoms with Crippen molar-refractivity contribution < 1.29 is 8.42 Å². The van der Waals surface area contributed by atoms with Crippen molar-refractivity contribution in [2.45, 2.75) is 69.9 Å². The summed E-state index contributed by atoms with van der Waals surface area (Å²) in [5, 5.41) is 6.58. The van der Waals surface area contributed by atoms with Crippen LogP contribution in [0.5, 0.6) is 0 Å². The number of hydrogen-bond acceptors (Lipinski definition) is 4. The minimum Gasteiger partial charge on any atom is -0.356 e. The molecule has 1 aliphatic rings. The first-order valence-corrected chi connectivity index (χ1v) is 12.5. The lowest BCUT2D eigenvalue weighted by Crippen LogP contribution is -2.41. The molecule has 0 aromatic heterocycles. The van der Waals surface area contributed by atoms with Gasteiger partial charge in [0.1, 0.15) is 0 Å². The maximum Gasteiger partial charge on any atom is 0.241 e. The Kier molecular flexibility index (Phi) is 9.58. The van der Waals surface area contributed by atoms with Crippen molar-refractivity contribution in [3.8, 4) is 0 Å². The van der Waals surface area contributed by atoms with Crippen molar-refractivity contribution >= 4 is 16.0 Å². The van der Waals surface area contributed by atoms with Crippen LogP contribution < -0.4 is 15.4 Å². The maximum absolute atomic E-state index is 12.8. The zero-order valence-electron chi connectivity index (χ0n) is 19.0. The molecule has 0 spiro atoms. The van der Waals surface area contributed by atoms with E-state index in [1.807, 2.05) is 32.9 Å². The first kappa shape index (κ1) is 24.6. The lowest BCUT2D eigenvalue weighted by atomic mass is 10.1. The van der Waals surface area contributed by atoms with Crippen LogP contribution in [0, 0.1) is 0 Å². The summed E-state index contributed by atoms with van der Waals surface area (Å²) in [6, 6.07) is 7.07. The molecule has 7 nitrogen and oxygen atoms in total. The van der Waals surface area contributed by atoms with E-state index in [4.69, 9.17) is 0 Å². The van der Waals surface area contributed by atoms with Gasteiger partial charge in [-0.3, -0.25) is 4.99 Å². The molecule has 8 heteroatoms. The molecule has 30 heavy (non-hydrogen) atoms. The summed E-state index contributed by atoms with van der Waals surface area (Å²) in [4.78, 5) is 7.11. The van der Waals surface area contributed by atoms with Crippen LogP contribution in [0.1, 0.15) is 58.4 Å². The van der Waals surface area contributed by atoms with Crippen molar-refractivity contribution in [2.24, 2.45) is 4.99 Å². The molecule has 1 aliphatic heterocycles. The third kappa shape index (κ3) is 8.62. The number of aliphatic imine (C=N–C) groups is 1. The molecule has 0 bridgehead atoms. The van der Waals surface area contributed by atoms with E-state index in [1.165, 1.54) is 38.8 Å². The van der Waals surface area contributed by atoms with E-state index in [1.54, 1.807) is 19.2 Å². The summed E-state index contributed by atoms with van der Waals surface area (Å²) < 4.78 is 28.3. The first-order chi connectivity index (χ1) is 14.2. The molecule has 1 heterocycles. The van der Waals surface area contributed by atoms with Crippen LogP contribution in [-0.2, 0) is 16.6 Å². The van der Waals surface area contributed by atoms with Crippen LogP contribution in [0.4, 0.5) is 0 Å². The minimum atomic E-state index is -3.60. The molecule has 0 atom stereocenters. The lowest BCUT2D eigenvalue weighted by molar-refractivity contribution is 0.282. The van der Waals surface area contributed by atoms with Crippen LogP contribution in [0.25, 0.3) is 0 Å². The van der Waals surface area contributed by atoms with Gasteiger partial charge in [-0.2, -0.15) is 0 Å². The smallest absolute Gasteiger partial charge is 0.241 e. The van der Waals surface area contributed by atoms with Crippen molar-refractivity contribution in [3.05, 3.63) is 29.8 Å². The average Bonchev–Trinajstić information content (AvgIpc) is 2.94. The van der Waals surface area contributed by atoms with Crippen molar-refractivity contribution in [1.29, 1.82) is 0 Å². The van der Waals surface area contributed by atoms with E-state index in [0.717, 1.165) is 19.5 Å². The topological polar surface area (TPSA) is 85.8 Å². The van der Waals surface area contributed by atoms with Gasteiger partial charge in [-0.05, 0) is 71.3 Å². The molecule has 0 saturated carbocycles. The Labute approximate surface area is 182 Å².